The summed E-state index contributed by atoms with van der Waals surface area (Å²) < 4.78 is 0. The van der Waals surface area contributed by atoms with E-state index >= 15 is 0 Å². The molecule has 0 aromatic carbocycles. The molecule has 0 saturated carbocycles. The third kappa shape index (κ3) is 3.81. The molecule has 0 spiro atoms. The summed E-state index contributed by atoms with van der Waals surface area (Å²) >= 11 is 0. The Bertz CT molecular complexity index is 70.9. The van der Waals surface area contributed by atoms with Crippen LogP contribution in [0.1, 0.15) is 20.3 Å². The van der Waals surface area contributed by atoms with Crippen LogP contribution in [0.4, 0.5) is 0 Å². The van der Waals surface area contributed by atoms with Gasteiger partial charge in [0.2, 0.25) is 0 Å². The van der Waals surface area contributed by atoms with Crippen LogP contribution in [0, 0.1) is 0 Å². The van der Waals surface area contributed by atoms with Crippen molar-refractivity contribution in [1.29, 1.82) is 0 Å². The summed E-state index contributed by atoms with van der Waals surface area (Å²) in [4.78, 5) is 2.79. The van der Waals surface area contributed by atoms with E-state index in [9.17, 15) is 0 Å². The van der Waals surface area contributed by atoms with E-state index in [4.69, 9.17) is 5.11 Å². The molecule has 0 aromatic heterocycles. The summed E-state index contributed by atoms with van der Waals surface area (Å²) in [6, 6.07) is 0.315. The minimum absolute atomic E-state index is 0.223. The van der Waals surface area contributed by atoms with Crippen LogP contribution in [0.25, 0.3) is 0 Å². The van der Waals surface area contributed by atoms with Gasteiger partial charge in [-0.1, -0.05) is 0 Å². The number of hydrogen-bond acceptors (Lipinski definition) is 1. The van der Waals surface area contributed by atoms with Crippen molar-refractivity contribution < 1.29 is 10.1 Å². The summed E-state index contributed by atoms with van der Waals surface area (Å²) in [5.41, 5.74) is 0. The van der Waals surface area contributed by atoms with Crippen LogP contribution in [0.2, 0.25) is 0 Å². The van der Waals surface area contributed by atoms with Gasteiger partial charge in [-0.2, -0.15) is 0 Å². The van der Waals surface area contributed by atoms with E-state index in [1.54, 1.807) is 6.92 Å². The second-order valence-electron chi connectivity index (χ2n) is 2.19. The maximum absolute atomic E-state index is 8.79. The maximum Gasteiger partial charge on any atom is 0.149 e. The molecule has 0 saturated heterocycles. The van der Waals surface area contributed by atoms with E-state index in [1.807, 2.05) is 6.92 Å². The number of rotatable bonds is 3. The average molecular weight is 116 g/mol. The predicted octanol–water partition coefficient (Wildman–Crippen LogP) is -1.07. The highest BCUT2D eigenvalue weighted by atomic mass is 16.3. The third-order valence-corrected chi connectivity index (χ3v) is 1.04. The van der Waals surface area contributed by atoms with Gasteiger partial charge in [0.1, 0.15) is 12.8 Å². The molecule has 2 atom stereocenters. The molecule has 0 rings (SSSR count). The van der Waals surface area contributed by atoms with Crippen LogP contribution < -0.4 is 4.99 Å². The minimum Gasteiger partial charge on any atom is -0.393 e. The van der Waals surface area contributed by atoms with Crippen LogP contribution in [0.15, 0.2) is 0 Å². The highest BCUT2D eigenvalue weighted by molar-refractivity contribution is 5.12. The number of aliphatic hydroxyl groups excluding tert-OH is 1. The van der Waals surface area contributed by atoms with Gasteiger partial charge >= 0.3 is 0 Å². The van der Waals surface area contributed by atoms with Crippen molar-refractivity contribution in [2.24, 2.45) is 0 Å². The first-order chi connectivity index (χ1) is 3.66. The monoisotopic (exact) mass is 116 g/mol. The Labute approximate surface area is 50.3 Å². The third-order valence-electron chi connectivity index (χ3n) is 1.04. The lowest BCUT2D eigenvalue weighted by Gasteiger charge is -2.01. The van der Waals surface area contributed by atoms with Gasteiger partial charge in [0.05, 0.1) is 6.10 Å². The van der Waals surface area contributed by atoms with Gasteiger partial charge in [-0.3, -0.25) is 4.99 Å². The molecular formula is C6H14NO+. The molecular weight excluding hydrogens is 102 g/mol. The lowest BCUT2D eigenvalue weighted by molar-refractivity contribution is -0.491. The van der Waals surface area contributed by atoms with Crippen molar-refractivity contribution in [3.63, 3.8) is 0 Å². The topological polar surface area (TPSA) is 34.2 Å². The summed E-state index contributed by atoms with van der Waals surface area (Å²) in [6.07, 6.45) is 0.544. The van der Waals surface area contributed by atoms with Crippen LogP contribution in [-0.4, -0.2) is 24.0 Å². The van der Waals surface area contributed by atoms with E-state index < -0.39 is 0 Å². The minimum atomic E-state index is -0.223. The highest BCUT2D eigenvalue weighted by Crippen LogP contribution is 1.89. The Balaban J connectivity index is 3.23. The van der Waals surface area contributed by atoms with Crippen LogP contribution in [-0.2, 0) is 0 Å². The van der Waals surface area contributed by atoms with Crippen LogP contribution >= 0.6 is 0 Å². The van der Waals surface area contributed by atoms with Crippen molar-refractivity contribution in [3.8, 4) is 0 Å². The van der Waals surface area contributed by atoms with E-state index in [1.165, 1.54) is 0 Å². The first-order valence-corrected chi connectivity index (χ1v) is 2.87. The average Bonchev–Trinajstić information content (AvgIpc) is 1.65. The molecule has 2 heteroatoms. The number of hydrogen-bond donors (Lipinski definition) is 2. The van der Waals surface area contributed by atoms with Crippen molar-refractivity contribution >= 4 is 6.72 Å². The Morgan fingerprint density at radius 3 is 2.25 bits per heavy atom. The summed E-state index contributed by atoms with van der Waals surface area (Å²) in [5, 5.41) is 8.79. The molecule has 0 aliphatic rings. The zero-order valence-electron chi connectivity index (χ0n) is 5.52. The first-order valence-electron chi connectivity index (χ1n) is 2.87. The summed E-state index contributed by atoms with van der Waals surface area (Å²) in [7, 11) is 0. The van der Waals surface area contributed by atoms with Crippen LogP contribution in [0.5, 0.6) is 0 Å². The molecule has 2 unspecified atom stereocenters. The maximum atomic E-state index is 8.79. The molecule has 0 aromatic rings. The molecule has 48 valence electrons. The van der Waals surface area contributed by atoms with Crippen molar-refractivity contribution in [2.75, 3.05) is 0 Å². The molecule has 8 heavy (non-hydrogen) atoms. The van der Waals surface area contributed by atoms with Gasteiger partial charge in [0.25, 0.3) is 0 Å². The lowest BCUT2D eigenvalue weighted by Crippen LogP contribution is -2.73. The van der Waals surface area contributed by atoms with Gasteiger partial charge in [-0.15, -0.1) is 0 Å². The highest BCUT2D eigenvalue weighted by Gasteiger charge is 2.05. The molecule has 0 radical (unpaired) electrons. The molecule has 0 heterocycles. The van der Waals surface area contributed by atoms with Crippen molar-refractivity contribution in [3.05, 3.63) is 0 Å². The van der Waals surface area contributed by atoms with Gasteiger partial charge in [-0.25, -0.2) is 0 Å². The molecule has 0 aliphatic heterocycles. The zero-order chi connectivity index (χ0) is 6.57. The van der Waals surface area contributed by atoms with E-state index in [0.717, 1.165) is 6.42 Å². The molecule has 2 nitrogen and oxygen atoms in total. The second kappa shape index (κ2) is 3.61. The van der Waals surface area contributed by atoms with E-state index in [-0.39, 0.29) is 6.10 Å². The van der Waals surface area contributed by atoms with Crippen molar-refractivity contribution in [1.82, 2.24) is 0 Å². The second-order valence-corrected chi connectivity index (χ2v) is 2.19. The fourth-order valence-corrected chi connectivity index (χ4v) is 0.595. The molecule has 0 fully saturated rings. The SMILES string of the molecule is C=[NH+]C(C)CC(C)O. The Kier molecular flexibility index (Phi) is 3.44. The van der Waals surface area contributed by atoms with Gasteiger partial charge < -0.3 is 5.11 Å². The standard InChI is InChI=1S/C6H13NO/c1-5(7-3)4-6(2)8/h5-6,8H,3-4H2,1-2H3/p+1. The normalized spacial score (nSPS) is 17.4. The Morgan fingerprint density at radius 2 is 2.12 bits per heavy atom. The number of aliphatic hydroxyl groups is 1. The quantitative estimate of drug-likeness (QED) is 0.452. The lowest BCUT2D eigenvalue weighted by atomic mass is 10.2. The van der Waals surface area contributed by atoms with E-state index in [2.05, 4.69) is 11.7 Å². The van der Waals surface area contributed by atoms with Gasteiger partial charge in [0, 0.05) is 6.42 Å². The largest absolute Gasteiger partial charge is 0.393 e. The molecule has 0 amide bonds. The fraction of sp³-hybridized carbons (Fsp3) is 0.833. The molecule has 0 bridgehead atoms. The summed E-state index contributed by atoms with van der Waals surface area (Å²) in [5.74, 6) is 0. The Morgan fingerprint density at radius 1 is 1.62 bits per heavy atom. The molecule has 0 aliphatic carbocycles. The first kappa shape index (κ1) is 7.63. The van der Waals surface area contributed by atoms with E-state index in [0.29, 0.717) is 6.04 Å². The molecule has 2 N–H and O–H groups in total. The smallest absolute Gasteiger partial charge is 0.149 e. The zero-order valence-corrected chi connectivity index (χ0v) is 5.52. The van der Waals surface area contributed by atoms with Gasteiger partial charge in [0.15, 0.2) is 0 Å². The Hall–Kier alpha value is -0.370. The fourth-order valence-electron chi connectivity index (χ4n) is 0.595. The van der Waals surface area contributed by atoms with Crippen LogP contribution in [0.3, 0.4) is 0 Å². The van der Waals surface area contributed by atoms with Crippen molar-refractivity contribution in [2.45, 2.75) is 32.4 Å². The van der Waals surface area contributed by atoms with Gasteiger partial charge in [-0.05, 0) is 13.8 Å². The predicted molar refractivity (Wildman–Crippen MR) is 33.8 cm³/mol. The summed E-state index contributed by atoms with van der Waals surface area (Å²) in [6.45, 7) is 7.24. The number of nitrogens with one attached hydrogen (secondary N) is 1.